The molecule has 1 atom stereocenters. The van der Waals surface area contributed by atoms with Gasteiger partial charge in [-0.15, -0.1) is 0 Å². The molecule has 0 bridgehead atoms. The molecular weight excluding hydrogens is 290 g/mol. The summed E-state index contributed by atoms with van der Waals surface area (Å²) in [7, 11) is 1.71. The summed E-state index contributed by atoms with van der Waals surface area (Å²) in [6.45, 7) is 7.20. The van der Waals surface area contributed by atoms with Crippen molar-refractivity contribution < 1.29 is 9.47 Å². The molecule has 0 spiro atoms. The molecule has 0 saturated carbocycles. The number of hydrogen-bond donors (Lipinski definition) is 2. The molecule has 1 aromatic rings. The van der Waals surface area contributed by atoms with Crippen LogP contribution in [-0.4, -0.2) is 57.4 Å². The molecule has 23 heavy (non-hydrogen) atoms. The van der Waals surface area contributed by atoms with E-state index in [0.717, 1.165) is 44.3 Å². The predicted octanol–water partition coefficient (Wildman–Crippen LogP) is 1.62. The zero-order chi connectivity index (χ0) is 15.9. The highest BCUT2D eigenvalue weighted by molar-refractivity contribution is 5.43. The minimum Gasteiger partial charge on any atom is -0.493 e. The van der Waals surface area contributed by atoms with Gasteiger partial charge >= 0.3 is 0 Å². The molecule has 0 unspecified atom stereocenters. The summed E-state index contributed by atoms with van der Waals surface area (Å²) < 4.78 is 11.4. The van der Waals surface area contributed by atoms with Gasteiger partial charge in [0.25, 0.3) is 0 Å². The smallest absolute Gasteiger partial charge is 0.161 e. The number of ether oxygens (including phenoxy) is 2. The van der Waals surface area contributed by atoms with Crippen LogP contribution in [0.15, 0.2) is 18.2 Å². The number of nitrogens with one attached hydrogen (secondary N) is 2. The van der Waals surface area contributed by atoms with Gasteiger partial charge in [0.15, 0.2) is 11.5 Å². The second-order valence-corrected chi connectivity index (χ2v) is 6.45. The lowest BCUT2D eigenvalue weighted by atomic mass is 10.1. The summed E-state index contributed by atoms with van der Waals surface area (Å²) in [6.07, 6.45) is 3.85. The van der Waals surface area contributed by atoms with Gasteiger partial charge in [-0.05, 0) is 56.6 Å². The molecule has 0 aliphatic carbocycles. The molecule has 1 aromatic carbocycles. The maximum Gasteiger partial charge on any atom is 0.161 e. The molecular formula is C18H29N3O2. The normalized spacial score (nSPS) is 21.7. The number of benzene rings is 1. The monoisotopic (exact) mass is 319 g/mol. The van der Waals surface area contributed by atoms with Gasteiger partial charge in [0, 0.05) is 25.7 Å². The first-order chi connectivity index (χ1) is 11.3. The lowest BCUT2D eigenvalue weighted by molar-refractivity contribution is 0.230. The standard InChI is InChI=1S/C18H29N3O2/c1-22-18-12-15(13-20-16-6-7-19-14-16)4-5-17(18)23-11-10-21-8-2-3-9-21/h4-5,12,16,19-20H,2-3,6-11,13-14H2,1H3/t16-/m1/s1. The molecule has 128 valence electrons. The van der Waals surface area contributed by atoms with Crippen LogP contribution in [0, 0.1) is 0 Å². The van der Waals surface area contributed by atoms with Crippen molar-refractivity contribution in [1.29, 1.82) is 0 Å². The second-order valence-electron chi connectivity index (χ2n) is 6.45. The Morgan fingerprint density at radius 3 is 2.87 bits per heavy atom. The third-order valence-electron chi connectivity index (χ3n) is 4.75. The van der Waals surface area contributed by atoms with Crippen molar-refractivity contribution in [2.24, 2.45) is 0 Å². The molecule has 2 saturated heterocycles. The highest BCUT2D eigenvalue weighted by Crippen LogP contribution is 2.28. The minimum atomic E-state index is 0.581. The molecule has 3 rings (SSSR count). The Balaban J connectivity index is 1.49. The summed E-state index contributed by atoms with van der Waals surface area (Å²) in [5.41, 5.74) is 1.24. The quantitative estimate of drug-likeness (QED) is 0.762. The zero-order valence-corrected chi connectivity index (χ0v) is 14.1. The van der Waals surface area contributed by atoms with E-state index in [4.69, 9.17) is 9.47 Å². The molecule has 2 aliphatic rings. The summed E-state index contributed by atoms with van der Waals surface area (Å²) in [6, 6.07) is 6.83. The lowest BCUT2D eigenvalue weighted by Gasteiger charge is -2.17. The maximum absolute atomic E-state index is 5.93. The number of nitrogens with zero attached hydrogens (tertiary/aromatic N) is 1. The Labute approximate surface area is 139 Å². The van der Waals surface area contributed by atoms with Gasteiger partial charge in [0.2, 0.25) is 0 Å². The van der Waals surface area contributed by atoms with Crippen LogP contribution < -0.4 is 20.1 Å². The first-order valence-corrected chi connectivity index (χ1v) is 8.81. The molecule has 5 heteroatoms. The highest BCUT2D eigenvalue weighted by Gasteiger charge is 2.14. The second kappa shape index (κ2) is 8.52. The Kier molecular flexibility index (Phi) is 6.13. The van der Waals surface area contributed by atoms with E-state index < -0.39 is 0 Å². The van der Waals surface area contributed by atoms with Crippen molar-refractivity contribution in [1.82, 2.24) is 15.5 Å². The minimum absolute atomic E-state index is 0.581. The van der Waals surface area contributed by atoms with Crippen LogP contribution in [0.25, 0.3) is 0 Å². The van der Waals surface area contributed by atoms with Gasteiger partial charge in [0.1, 0.15) is 6.61 Å². The summed E-state index contributed by atoms with van der Waals surface area (Å²) in [4.78, 5) is 2.46. The van der Waals surface area contributed by atoms with Gasteiger partial charge < -0.3 is 20.1 Å². The topological polar surface area (TPSA) is 45.8 Å². The third-order valence-corrected chi connectivity index (χ3v) is 4.75. The molecule has 0 radical (unpaired) electrons. The lowest BCUT2D eigenvalue weighted by Crippen LogP contribution is -2.30. The number of methoxy groups -OCH3 is 1. The number of rotatable bonds is 8. The van der Waals surface area contributed by atoms with E-state index >= 15 is 0 Å². The van der Waals surface area contributed by atoms with Crippen LogP contribution in [0.3, 0.4) is 0 Å². The Bertz CT molecular complexity index is 483. The average Bonchev–Trinajstić information content (AvgIpc) is 3.27. The van der Waals surface area contributed by atoms with Crippen molar-refractivity contribution in [3.63, 3.8) is 0 Å². The molecule has 0 amide bonds. The van der Waals surface area contributed by atoms with Crippen LogP contribution in [0.5, 0.6) is 11.5 Å². The van der Waals surface area contributed by atoms with Gasteiger partial charge in [0.05, 0.1) is 7.11 Å². The van der Waals surface area contributed by atoms with E-state index in [1.165, 1.54) is 37.9 Å². The van der Waals surface area contributed by atoms with E-state index in [-0.39, 0.29) is 0 Å². The average molecular weight is 319 g/mol. The first kappa shape index (κ1) is 16.6. The third kappa shape index (κ3) is 4.83. The summed E-state index contributed by atoms with van der Waals surface area (Å²) >= 11 is 0. The van der Waals surface area contributed by atoms with E-state index in [2.05, 4.69) is 27.7 Å². The van der Waals surface area contributed by atoms with Crippen LogP contribution in [-0.2, 0) is 6.54 Å². The molecule has 2 heterocycles. The van der Waals surface area contributed by atoms with Crippen molar-refractivity contribution in [2.75, 3.05) is 46.4 Å². The largest absolute Gasteiger partial charge is 0.493 e. The van der Waals surface area contributed by atoms with Crippen molar-refractivity contribution in [3.8, 4) is 11.5 Å². The Morgan fingerprint density at radius 1 is 1.26 bits per heavy atom. The van der Waals surface area contributed by atoms with Gasteiger partial charge in [-0.3, -0.25) is 4.90 Å². The molecule has 0 aromatic heterocycles. The fraction of sp³-hybridized carbons (Fsp3) is 0.667. The first-order valence-electron chi connectivity index (χ1n) is 8.81. The van der Waals surface area contributed by atoms with E-state index in [9.17, 15) is 0 Å². The Hall–Kier alpha value is -1.30. The van der Waals surface area contributed by atoms with E-state index in [0.29, 0.717) is 6.04 Å². The predicted molar refractivity (Wildman–Crippen MR) is 92.3 cm³/mol. The fourth-order valence-electron chi connectivity index (χ4n) is 3.32. The summed E-state index contributed by atoms with van der Waals surface area (Å²) in [5.74, 6) is 1.67. The SMILES string of the molecule is COc1cc(CN[C@@H]2CCNC2)ccc1OCCN1CCCC1. The Morgan fingerprint density at radius 2 is 2.13 bits per heavy atom. The van der Waals surface area contributed by atoms with Gasteiger partial charge in [-0.1, -0.05) is 6.07 Å². The van der Waals surface area contributed by atoms with Gasteiger partial charge in [-0.25, -0.2) is 0 Å². The number of hydrogen-bond acceptors (Lipinski definition) is 5. The van der Waals surface area contributed by atoms with E-state index in [1.54, 1.807) is 7.11 Å². The molecule has 5 nitrogen and oxygen atoms in total. The summed E-state index contributed by atoms with van der Waals surface area (Å²) in [5, 5.41) is 6.96. The van der Waals surface area contributed by atoms with Crippen molar-refractivity contribution in [3.05, 3.63) is 23.8 Å². The molecule has 2 N–H and O–H groups in total. The van der Waals surface area contributed by atoms with Gasteiger partial charge in [-0.2, -0.15) is 0 Å². The number of likely N-dealkylation sites (tertiary alicyclic amines) is 1. The van der Waals surface area contributed by atoms with Crippen molar-refractivity contribution in [2.45, 2.75) is 31.8 Å². The highest BCUT2D eigenvalue weighted by atomic mass is 16.5. The zero-order valence-electron chi connectivity index (χ0n) is 14.1. The van der Waals surface area contributed by atoms with E-state index in [1.807, 2.05) is 6.07 Å². The van der Waals surface area contributed by atoms with Crippen LogP contribution in [0.4, 0.5) is 0 Å². The fourth-order valence-corrected chi connectivity index (χ4v) is 3.32. The van der Waals surface area contributed by atoms with Crippen LogP contribution >= 0.6 is 0 Å². The maximum atomic E-state index is 5.93. The van der Waals surface area contributed by atoms with Crippen LogP contribution in [0.1, 0.15) is 24.8 Å². The molecule has 2 aliphatic heterocycles. The van der Waals surface area contributed by atoms with Crippen molar-refractivity contribution >= 4 is 0 Å². The molecule has 2 fully saturated rings. The van der Waals surface area contributed by atoms with Crippen LogP contribution in [0.2, 0.25) is 0 Å².